The van der Waals surface area contributed by atoms with Gasteiger partial charge in [0.05, 0.1) is 11.2 Å². The fourth-order valence-corrected chi connectivity index (χ4v) is 3.50. The monoisotopic (exact) mass is 347 g/mol. The molecule has 0 atom stereocenters. The van der Waals surface area contributed by atoms with Gasteiger partial charge in [-0.1, -0.05) is 12.1 Å². The number of para-hydroxylation sites is 1. The van der Waals surface area contributed by atoms with Crippen molar-refractivity contribution in [3.05, 3.63) is 54.5 Å². The average Bonchev–Trinajstić information content (AvgIpc) is 2.95. The Morgan fingerprint density at radius 3 is 2.67 bits per heavy atom. The predicted octanol–water partition coefficient (Wildman–Crippen LogP) is 3.07. The molecule has 0 aliphatic rings. The minimum atomic E-state index is -4.12. The molecule has 3 rings (SSSR count). The number of carbonyl (C=O) groups excluding carboxylic acids is 1. The molecule has 0 fully saturated rings. The summed E-state index contributed by atoms with van der Waals surface area (Å²) >= 11 is 0. The molecule has 124 valence electrons. The topological polar surface area (TPSA) is 91.1 Å². The summed E-state index contributed by atoms with van der Waals surface area (Å²) in [5.41, 5.74) is 1.12. The van der Waals surface area contributed by atoms with E-state index < -0.39 is 20.7 Å². The third-order valence-corrected chi connectivity index (χ3v) is 4.77. The van der Waals surface area contributed by atoms with Crippen molar-refractivity contribution in [2.45, 2.75) is 11.8 Å². The zero-order chi connectivity index (χ0) is 17.3. The van der Waals surface area contributed by atoms with Crippen LogP contribution in [0.3, 0.4) is 0 Å². The van der Waals surface area contributed by atoms with Crippen LogP contribution in [0.2, 0.25) is 0 Å². The maximum atomic E-state index is 14.2. The highest BCUT2D eigenvalue weighted by molar-refractivity contribution is 7.92. The van der Waals surface area contributed by atoms with E-state index >= 15 is 0 Å². The Kier molecular flexibility index (Phi) is 3.98. The molecule has 24 heavy (non-hydrogen) atoms. The van der Waals surface area contributed by atoms with Crippen LogP contribution in [-0.4, -0.2) is 19.3 Å². The number of rotatable bonds is 4. The van der Waals surface area contributed by atoms with Gasteiger partial charge in [-0.05, 0) is 30.3 Å². The Bertz CT molecular complexity index is 1030. The first-order valence-electron chi connectivity index (χ1n) is 7.03. The van der Waals surface area contributed by atoms with E-state index in [1.54, 1.807) is 24.4 Å². The number of amides is 1. The molecule has 2 aromatic carbocycles. The molecule has 3 N–H and O–H groups in total. The second-order valence-corrected chi connectivity index (χ2v) is 6.83. The Labute approximate surface area is 137 Å². The number of fused-ring (bicyclic) bond motifs is 1. The van der Waals surface area contributed by atoms with Gasteiger partial charge in [0.15, 0.2) is 0 Å². The van der Waals surface area contributed by atoms with E-state index in [9.17, 15) is 17.6 Å². The fraction of sp³-hybridized carbons (Fsp3) is 0.0625. The first-order chi connectivity index (χ1) is 11.4. The number of hydrogen-bond donors (Lipinski definition) is 3. The third kappa shape index (κ3) is 3.09. The summed E-state index contributed by atoms with van der Waals surface area (Å²) in [6.45, 7) is 1.28. The number of hydrogen-bond acceptors (Lipinski definition) is 3. The average molecular weight is 347 g/mol. The van der Waals surface area contributed by atoms with Crippen LogP contribution in [0.4, 0.5) is 15.8 Å². The van der Waals surface area contributed by atoms with Crippen LogP contribution in [0.5, 0.6) is 0 Å². The number of halogens is 1. The molecule has 0 unspecified atom stereocenters. The van der Waals surface area contributed by atoms with Crippen molar-refractivity contribution < 1.29 is 17.6 Å². The molecule has 1 amide bonds. The van der Waals surface area contributed by atoms with Gasteiger partial charge in [-0.25, -0.2) is 12.8 Å². The molecule has 8 heteroatoms. The maximum absolute atomic E-state index is 14.2. The zero-order valence-electron chi connectivity index (χ0n) is 12.6. The largest absolute Gasteiger partial charge is 0.359 e. The summed E-state index contributed by atoms with van der Waals surface area (Å²) in [5, 5.41) is 3.23. The molecule has 0 aliphatic heterocycles. The minimum Gasteiger partial charge on any atom is -0.359 e. The molecule has 0 radical (unpaired) electrons. The second kappa shape index (κ2) is 5.97. The summed E-state index contributed by atoms with van der Waals surface area (Å²) in [7, 11) is -4.12. The highest BCUT2D eigenvalue weighted by Gasteiger charge is 2.20. The highest BCUT2D eigenvalue weighted by Crippen LogP contribution is 2.26. The van der Waals surface area contributed by atoms with Crippen molar-refractivity contribution >= 4 is 38.2 Å². The molecular weight excluding hydrogens is 333 g/mol. The van der Waals surface area contributed by atoms with E-state index in [0.29, 0.717) is 11.2 Å². The number of nitrogens with one attached hydrogen (secondary N) is 3. The number of anilines is 2. The first kappa shape index (κ1) is 16.0. The summed E-state index contributed by atoms with van der Waals surface area (Å²) in [4.78, 5) is 13.4. The Balaban J connectivity index is 1.96. The number of H-pyrrole nitrogens is 1. The number of carbonyl (C=O) groups is 1. The van der Waals surface area contributed by atoms with Gasteiger partial charge in [-0.2, -0.15) is 0 Å². The van der Waals surface area contributed by atoms with Gasteiger partial charge in [0, 0.05) is 24.2 Å². The Morgan fingerprint density at radius 1 is 1.17 bits per heavy atom. The molecule has 0 saturated carbocycles. The normalized spacial score (nSPS) is 11.4. The quantitative estimate of drug-likeness (QED) is 0.677. The van der Waals surface area contributed by atoms with E-state index in [1.165, 1.54) is 13.0 Å². The van der Waals surface area contributed by atoms with Crippen LogP contribution < -0.4 is 10.0 Å². The van der Waals surface area contributed by atoms with Gasteiger partial charge in [-0.3, -0.25) is 9.52 Å². The molecule has 1 aromatic heterocycles. The molecule has 0 bridgehead atoms. The van der Waals surface area contributed by atoms with Crippen LogP contribution in [-0.2, 0) is 14.8 Å². The van der Waals surface area contributed by atoms with Crippen LogP contribution in [0.15, 0.2) is 53.6 Å². The highest BCUT2D eigenvalue weighted by atomic mass is 32.2. The van der Waals surface area contributed by atoms with Crippen molar-refractivity contribution in [1.82, 2.24) is 4.98 Å². The first-order valence-corrected chi connectivity index (χ1v) is 8.51. The Hall–Kier alpha value is -2.87. The number of aromatic nitrogens is 1. The molecule has 1 heterocycles. The van der Waals surface area contributed by atoms with Gasteiger partial charge in [-0.15, -0.1) is 0 Å². The van der Waals surface area contributed by atoms with Gasteiger partial charge in [0.25, 0.3) is 10.0 Å². The van der Waals surface area contributed by atoms with Crippen LogP contribution in [0.25, 0.3) is 10.9 Å². The number of sulfonamides is 1. The lowest BCUT2D eigenvalue weighted by molar-refractivity contribution is -0.114. The molecule has 0 aliphatic carbocycles. The van der Waals surface area contributed by atoms with Crippen molar-refractivity contribution in [3.8, 4) is 0 Å². The van der Waals surface area contributed by atoms with Crippen LogP contribution in [0, 0.1) is 5.82 Å². The van der Waals surface area contributed by atoms with E-state index in [-0.39, 0.29) is 11.6 Å². The molecule has 0 spiro atoms. The van der Waals surface area contributed by atoms with Crippen molar-refractivity contribution in [2.75, 3.05) is 10.0 Å². The smallest absolute Gasteiger partial charge is 0.264 e. The SMILES string of the molecule is CC(=O)Nc1ccc(S(=O)(=O)Nc2cccc3cc[nH]c23)c(F)c1. The van der Waals surface area contributed by atoms with Crippen molar-refractivity contribution in [2.24, 2.45) is 0 Å². The number of aromatic amines is 1. The summed E-state index contributed by atoms with van der Waals surface area (Å²) < 4.78 is 41.5. The third-order valence-electron chi connectivity index (χ3n) is 3.37. The fourth-order valence-electron chi connectivity index (χ4n) is 2.37. The lowest BCUT2D eigenvalue weighted by atomic mass is 10.2. The second-order valence-electron chi connectivity index (χ2n) is 5.18. The van der Waals surface area contributed by atoms with Crippen LogP contribution >= 0.6 is 0 Å². The van der Waals surface area contributed by atoms with Crippen LogP contribution in [0.1, 0.15) is 6.92 Å². The Morgan fingerprint density at radius 2 is 1.96 bits per heavy atom. The molecule has 0 saturated heterocycles. The van der Waals surface area contributed by atoms with E-state index in [4.69, 9.17) is 0 Å². The van der Waals surface area contributed by atoms with Gasteiger partial charge < -0.3 is 10.3 Å². The van der Waals surface area contributed by atoms with Gasteiger partial charge in [0.2, 0.25) is 5.91 Å². The maximum Gasteiger partial charge on any atom is 0.264 e. The minimum absolute atomic E-state index is 0.186. The van der Waals surface area contributed by atoms with Gasteiger partial charge >= 0.3 is 0 Å². The van der Waals surface area contributed by atoms with Crippen molar-refractivity contribution in [1.29, 1.82) is 0 Å². The predicted molar refractivity (Wildman–Crippen MR) is 89.8 cm³/mol. The van der Waals surface area contributed by atoms with Gasteiger partial charge in [0.1, 0.15) is 10.7 Å². The lowest BCUT2D eigenvalue weighted by Crippen LogP contribution is -2.15. The lowest BCUT2D eigenvalue weighted by Gasteiger charge is -2.11. The molecular formula is C16H14FN3O3S. The zero-order valence-corrected chi connectivity index (χ0v) is 13.4. The van der Waals surface area contributed by atoms with E-state index in [0.717, 1.165) is 17.5 Å². The van der Waals surface area contributed by atoms with E-state index in [2.05, 4.69) is 15.0 Å². The molecule has 6 nitrogen and oxygen atoms in total. The summed E-state index contributed by atoms with van der Waals surface area (Å²) in [5.74, 6) is -1.33. The summed E-state index contributed by atoms with van der Waals surface area (Å²) in [6.07, 6.45) is 1.69. The van der Waals surface area contributed by atoms with E-state index in [1.807, 2.05) is 6.07 Å². The number of benzene rings is 2. The molecule has 3 aromatic rings. The summed E-state index contributed by atoms with van der Waals surface area (Å²) in [6, 6.07) is 10.3. The van der Waals surface area contributed by atoms with Crippen molar-refractivity contribution in [3.63, 3.8) is 0 Å². The standard InChI is InChI=1S/C16H14FN3O3S/c1-10(21)19-12-5-6-15(13(17)9-12)24(22,23)20-14-4-2-3-11-7-8-18-16(11)14/h2-9,18,20H,1H3,(H,19,21).